The molecular weight excluding hydrogens is 320 g/mol. The number of unbranched alkanes of at least 4 members (excludes halogenated alkanes) is 2. The van der Waals surface area contributed by atoms with Gasteiger partial charge in [0.25, 0.3) is 0 Å². The van der Waals surface area contributed by atoms with E-state index in [4.69, 9.17) is 0 Å². The van der Waals surface area contributed by atoms with Gasteiger partial charge in [0.1, 0.15) is 0 Å². The van der Waals surface area contributed by atoms with Gasteiger partial charge >= 0.3 is 0 Å². The zero-order chi connectivity index (χ0) is 17.8. The molecule has 0 radical (unpaired) electrons. The fourth-order valence-electron chi connectivity index (χ4n) is 3.00. The first kappa shape index (κ1) is 19.3. The fraction of sp³-hybridized carbons (Fsp3) is 0.684. The lowest BCUT2D eigenvalue weighted by molar-refractivity contribution is 0.540. The van der Waals surface area contributed by atoms with E-state index in [0.29, 0.717) is 12.5 Å². The van der Waals surface area contributed by atoms with Crippen LogP contribution in [0.15, 0.2) is 18.2 Å². The van der Waals surface area contributed by atoms with Gasteiger partial charge < -0.3 is 5.32 Å². The van der Waals surface area contributed by atoms with Crippen molar-refractivity contribution >= 4 is 15.7 Å². The van der Waals surface area contributed by atoms with Crippen molar-refractivity contribution in [3.05, 3.63) is 29.3 Å². The normalized spacial score (nSPS) is 17.8. The second-order valence-corrected chi connectivity index (χ2v) is 10.4. The predicted octanol–water partition coefficient (Wildman–Crippen LogP) is 4.04. The van der Waals surface area contributed by atoms with Gasteiger partial charge in [-0.25, -0.2) is 13.1 Å². The lowest BCUT2D eigenvalue weighted by Crippen LogP contribution is -2.39. The molecule has 0 aromatic heterocycles. The Hall–Kier alpha value is -1.07. The Labute approximate surface area is 147 Å². The number of aryl methyl sites for hydroxylation is 1. The van der Waals surface area contributed by atoms with Crippen molar-refractivity contribution in [1.82, 2.24) is 4.72 Å². The molecule has 0 aliphatic heterocycles. The molecule has 0 bridgehead atoms. The van der Waals surface area contributed by atoms with Gasteiger partial charge in [-0.2, -0.15) is 0 Å². The highest BCUT2D eigenvalue weighted by Crippen LogP contribution is 2.34. The molecule has 0 saturated carbocycles. The molecule has 0 heterocycles. The van der Waals surface area contributed by atoms with Gasteiger partial charge in [-0.15, -0.1) is 0 Å². The van der Waals surface area contributed by atoms with Crippen molar-refractivity contribution in [2.75, 3.05) is 18.4 Å². The molecule has 1 aliphatic carbocycles. The van der Waals surface area contributed by atoms with Crippen molar-refractivity contribution in [2.45, 2.75) is 70.5 Å². The van der Waals surface area contributed by atoms with E-state index >= 15 is 0 Å². The first-order valence-electron chi connectivity index (χ1n) is 9.06. The molecule has 0 fully saturated rings. The van der Waals surface area contributed by atoms with Crippen LogP contribution in [0.3, 0.4) is 0 Å². The monoisotopic (exact) mass is 352 g/mol. The van der Waals surface area contributed by atoms with Crippen LogP contribution in [0.25, 0.3) is 0 Å². The minimum Gasteiger partial charge on any atom is -0.385 e. The summed E-state index contributed by atoms with van der Waals surface area (Å²) in [4.78, 5) is 0. The molecule has 2 N–H and O–H groups in total. The summed E-state index contributed by atoms with van der Waals surface area (Å²) in [6, 6.07) is 6.72. The minimum atomic E-state index is -3.21. The summed E-state index contributed by atoms with van der Waals surface area (Å²) in [7, 11) is -3.21. The number of hydrogen-bond donors (Lipinski definition) is 2. The third-order valence-corrected chi connectivity index (χ3v) is 7.00. The maximum absolute atomic E-state index is 11.9. The smallest absolute Gasteiger partial charge is 0.216 e. The van der Waals surface area contributed by atoms with E-state index in [2.05, 4.69) is 35.2 Å². The van der Waals surface area contributed by atoms with Gasteiger partial charge in [0.2, 0.25) is 10.0 Å². The Bertz CT molecular complexity index is 648. The van der Waals surface area contributed by atoms with Crippen LogP contribution >= 0.6 is 0 Å². The summed E-state index contributed by atoms with van der Waals surface area (Å²) >= 11 is 0. The predicted molar refractivity (Wildman–Crippen MR) is 102 cm³/mol. The lowest BCUT2D eigenvalue weighted by Gasteiger charge is -2.19. The second-order valence-electron chi connectivity index (χ2n) is 7.85. The minimum absolute atomic E-state index is 0.524. The third-order valence-electron chi connectivity index (χ3n) is 4.80. The Morgan fingerprint density at radius 1 is 1.12 bits per heavy atom. The number of anilines is 1. The number of hydrogen-bond acceptors (Lipinski definition) is 3. The van der Waals surface area contributed by atoms with Crippen LogP contribution in [0.2, 0.25) is 0 Å². The van der Waals surface area contributed by atoms with Crippen molar-refractivity contribution in [2.24, 2.45) is 0 Å². The molecule has 4 nitrogen and oxygen atoms in total. The average Bonchev–Trinajstić information content (AvgIpc) is 2.86. The van der Waals surface area contributed by atoms with Crippen LogP contribution in [0, 0.1) is 0 Å². The van der Waals surface area contributed by atoms with E-state index in [0.717, 1.165) is 25.8 Å². The van der Waals surface area contributed by atoms with Crippen LogP contribution in [0.1, 0.15) is 70.4 Å². The fourth-order valence-corrected chi connectivity index (χ4v) is 3.85. The highest BCUT2D eigenvalue weighted by molar-refractivity contribution is 7.90. The maximum Gasteiger partial charge on any atom is 0.216 e. The zero-order valence-electron chi connectivity index (χ0n) is 15.5. The van der Waals surface area contributed by atoms with Crippen molar-refractivity contribution < 1.29 is 8.42 Å². The number of benzene rings is 1. The van der Waals surface area contributed by atoms with Gasteiger partial charge in [-0.1, -0.05) is 19.4 Å². The van der Waals surface area contributed by atoms with E-state index in [9.17, 15) is 8.42 Å². The number of nitrogens with one attached hydrogen (secondary N) is 2. The standard InChI is InChI=1S/C19H32N2O2S/c1-15-8-9-16-10-11-17(14-18(15)16)20-12-6-5-7-13-21-24(22,23)19(2,3)4/h10-11,14-15,20-21H,5-9,12-13H2,1-4H3. The van der Waals surface area contributed by atoms with Crippen LogP contribution in [0.5, 0.6) is 0 Å². The summed E-state index contributed by atoms with van der Waals surface area (Å²) < 4.78 is 25.8. The molecule has 5 heteroatoms. The summed E-state index contributed by atoms with van der Waals surface area (Å²) in [6.45, 7) is 8.91. The quantitative estimate of drug-likeness (QED) is 0.694. The van der Waals surface area contributed by atoms with Crippen LogP contribution in [0.4, 0.5) is 5.69 Å². The maximum atomic E-state index is 11.9. The summed E-state index contributed by atoms with van der Waals surface area (Å²) in [5.74, 6) is 0.678. The van der Waals surface area contributed by atoms with Gasteiger partial charge in [-0.05, 0) is 75.6 Å². The third kappa shape index (κ3) is 4.96. The largest absolute Gasteiger partial charge is 0.385 e. The van der Waals surface area contributed by atoms with Gasteiger partial charge in [-0.3, -0.25) is 0 Å². The van der Waals surface area contributed by atoms with Crippen molar-refractivity contribution in [1.29, 1.82) is 0 Å². The van der Waals surface area contributed by atoms with Crippen LogP contribution in [-0.2, 0) is 16.4 Å². The average molecular weight is 353 g/mol. The molecule has 1 unspecified atom stereocenters. The topological polar surface area (TPSA) is 58.2 Å². The molecule has 24 heavy (non-hydrogen) atoms. The Balaban J connectivity index is 1.63. The SMILES string of the molecule is CC1CCc2ccc(NCCCCCNS(=O)(=O)C(C)(C)C)cc21. The van der Waals surface area contributed by atoms with E-state index in [-0.39, 0.29) is 0 Å². The van der Waals surface area contributed by atoms with E-state index in [1.165, 1.54) is 29.7 Å². The Morgan fingerprint density at radius 3 is 2.54 bits per heavy atom. The molecule has 1 aromatic carbocycles. The van der Waals surface area contributed by atoms with Gasteiger partial charge in [0.15, 0.2) is 0 Å². The molecular formula is C19H32N2O2S. The lowest BCUT2D eigenvalue weighted by atomic mass is 10.0. The molecule has 136 valence electrons. The molecule has 1 aliphatic rings. The number of fused-ring (bicyclic) bond motifs is 1. The van der Waals surface area contributed by atoms with Crippen molar-refractivity contribution in [3.8, 4) is 0 Å². The first-order chi connectivity index (χ1) is 11.2. The highest BCUT2D eigenvalue weighted by atomic mass is 32.2. The molecule has 2 rings (SSSR count). The van der Waals surface area contributed by atoms with Gasteiger partial charge in [0.05, 0.1) is 4.75 Å². The highest BCUT2D eigenvalue weighted by Gasteiger charge is 2.27. The molecule has 0 spiro atoms. The summed E-state index contributed by atoms with van der Waals surface area (Å²) in [5.41, 5.74) is 4.20. The van der Waals surface area contributed by atoms with Gasteiger partial charge in [0, 0.05) is 18.8 Å². The van der Waals surface area contributed by atoms with E-state index in [1.807, 2.05) is 0 Å². The molecule has 0 amide bonds. The molecule has 1 atom stereocenters. The van der Waals surface area contributed by atoms with Crippen LogP contribution in [-0.4, -0.2) is 26.3 Å². The summed E-state index contributed by atoms with van der Waals surface area (Å²) in [6.07, 6.45) is 5.41. The van der Waals surface area contributed by atoms with Crippen LogP contribution < -0.4 is 10.0 Å². The van der Waals surface area contributed by atoms with E-state index in [1.54, 1.807) is 20.8 Å². The Kier molecular flexibility index (Phi) is 6.32. The zero-order valence-corrected chi connectivity index (χ0v) is 16.3. The van der Waals surface area contributed by atoms with Crippen molar-refractivity contribution in [3.63, 3.8) is 0 Å². The Morgan fingerprint density at radius 2 is 1.83 bits per heavy atom. The van der Waals surface area contributed by atoms with E-state index < -0.39 is 14.8 Å². The molecule has 1 aromatic rings. The first-order valence-corrected chi connectivity index (χ1v) is 10.5. The summed E-state index contributed by atoms with van der Waals surface area (Å²) in [5, 5.41) is 3.49. The second kappa shape index (κ2) is 7.87. The molecule has 0 saturated heterocycles. The number of rotatable bonds is 8. The number of sulfonamides is 1.